The van der Waals surface area contributed by atoms with E-state index >= 15 is 0 Å². The van der Waals surface area contributed by atoms with Gasteiger partial charge in [0.2, 0.25) is 5.92 Å². The van der Waals surface area contributed by atoms with Gasteiger partial charge in [-0.15, -0.1) is 5.06 Å². The van der Waals surface area contributed by atoms with Gasteiger partial charge in [0, 0.05) is 80.2 Å². The second-order valence-corrected chi connectivity index (χ2v) is 12.3. The van der Waals surface area contributed by atoms with Gasteiger partial charge in [-0.1, -0.05) is 16.8 Å². The summed E-state index contributed by atoms with van der Waals surface area (Å²) in [6.07, 6.45) is 6.75. The molecule has 1 N–H and O–H groups in total. The van der Waals surface area contributed by atoms with Crippen molar-refractivity contribution in [3.63, 3.8) is 0 Å². The molecule has 2 aromatic heterocycles. The number of aromatic nitrogens is 3. The normalized spacial score (nSPS) is 18.0. The average Bonchev–Trinajstić information content (AvgIpc) is 3.28. The van der Waals surface area contributed by atoms with Crippen molar-refractivity contribution < 1.29 is 28.0 Å². The molecule has 1 atom stereocenters. The van der Waals surface area contributed by atoms with E-state index in [0.29, 0.717) is 48.7 Å². The average molecular weight is 614 g/mol. The first-order chi connectivity index (χ1) is 20.5. The summed E-state index contributed by atoms with van der Waals surface area (Å²) in [5.74, 6) is -3.42. The maximum absolute atomic E-state index is 14.2. The van der Waals surface area contributed by atoms with Gasteiger partial charge >= 0.3 is 6.47 Å². The van der Waals surface area contributed by atoms with E-state index in [1.165, 1.54) is 5.06 Å². The standard InChI is InChI=1S/C29H33F2N7O4S/c1-19-24(20-13-33-36(2)15-20)14-32-26(37-10-5-8-29(30,31)9-11-37)25(19)28(41)34-22-6-4-7-23(12-22)43(3)35-27(40)21-16-38(17-21)42-18-39/h4,6-7,12-15,18,21H,5,8-11,16-17H2,1-3H3,(H,34,41)/t43-/m0/s1. The third kappa shape index (κ3) is 6.96. The Bertz CT molecular complexity index is 1570. The summed E-state index contributed by atoms with van der Waals surface area (Å²) in [4.78, 5) is 48.8. The predicted molar refractivity (Wildman–Crippen MR) is 158 cm³/mol. The number of alkyl halides is 2. The Balaban J connectivity index is 1.41. The van der Waals surface area contributed by atoms with E-state index in [4.69, 9.17) is 4.84 Å². The van der Waals surface area contributed by atoms with Crippen molar-refractivity contribution in [2.24, 2.45) is 17.3 Å². The van der Waals surface area contributed by atoms with Gasteiger partial charge in [-0.05, 0) is 43.4 Å². The van der Waals surface area contributed by atoms with Crippen LogP contribution in [0.3, 0.4) is 0 Å². The topological polar surface area (TPSA) is 122 Å². The number of pyridine rings is 1. The molecule has 2 fully saturated rings. The van der Waals surface area contributed by atoms with Gasteiger partial charge in [0.05, 0.1) is 17.7 Å². The Morgan fingerprint density at radius 1 is 1.21 bits per heavy atom. The molecule has 228 valence electrons. The molecule has 0 saturated carbocycles. The van der Waals surface area contributed by atoms with Crippen LogP contribution in [0.1, 0.15) is 35.2 Å². The van der Waals surface area contributed by atoms with E-state index in [2.05, 4.69) is 19.8 Å². The number of rotatable bonds is 8. The molecule has 0 unspecified atom stereocenters. The van der Waals surface area contributed by atoms with Gasteiger partial charge in [0.25, 0.3) is 11.8 Å². The lowest BCUT2D eigenvalue weighted by Gasteiger charge is -2.33. The lowest BCUT2D eigenvalue weighted by Crippen LogP contribution is -2.49. The first-order valence-corrected chi connectivity index (χ1v) is 15.4. The van der Waals surface area contributed by atoms with Crippen LogP contribution in [0.4, 0.5) is 20.3 Å². The zero-order valence-corrected chi connectivity index (χ0v) is 24.9. The van der Waals surface area contributed by atoms with E-state index in [1.807, 2.05) is 25.4 Å². The highest BCUT2D eigenvalue weighted by Crippen LogP contribution is 2.34. The van der Waals surface area contributed by atoms with Crippen LogP contribution < -0.4 is 10.2 Å². The van der Waals surface area contributed by atoms with Crippen molar-refractivity contribution in [2.75, 3.05) is 42.7 Å². The van der Waals surface area contributed by atoms with Gasteiger partial charge in [-0.2, -0.15) is 9.46 Å². The number of aryl methyl sites for hydroxylation is 1. The summed E-state index contributed by atoms with van der Waals surface area (Å²) in [6.45, 7) is 3.19. The Morgan fingerprint density at radius 2 is 2.00 bits per heavy atom. The smallest absolute Gasteiger partial charge is 0.312 e. The van der Waals surface area contributed by atoms with Crippen molar-refractivity contribution in [2.45, 2.75) is 37.0 Å². The number of benzene rings is 1. The minimum Gasteiger partial charge on any atom is -0.371 e. The number of hydrogen-bond acceptors (Lipinski definition) is 8. The van der Waals surface area contributed by atoms with E-state index < -0.39 is 22.5 Å². The summed E-state index contributed by atoms with van der Waals surface area (Å²) in [6, 6.07) is 7.10. The molecule has 2 aliphatic rings. The first-order valence-electron chi connectivity index (χ1n) is 13.8. The summed E-state index contributed by atoms with van der Waals surface area (Å²) in [5.41, 5.74) is 2.96. The molecule has 2 saturated heterocycles. The summed E-state index contributed by atoms with van der Waals surface area (Å²) >= 11 is 0. The second kappa shape index (κ2) is 12.7. The molecule has 1 aromatic carbocycles. The Morgan fingerprint density at radius 3 is 2.72 bits per heavy atom. The molecule has 0 bridgehead atoms. The van der Waals surface area contributed by atoms with Crippen molar-refractivity contribution >= 4 is 40.5 Å². The van der Waals surface area contributed by atoms with E-state index in [9.17, 15) is 23.2 Å². The van der Waals surface area contributed by atoms with Crippen molar-refractivity contribution in [1.29, 1.82) is 0 Å². The quantitative estimate of drug-likeness (QED) is 0.379. The van der Waals surface area contributed by atoms with Gasteiger partial charge in [-0.25, -0.2) is 13.8 Å². The van der Waals surface area contributed by atoms with Crippen molar-refractivity contribution in [3.05, 3.63) is 54.0 Å². The van der Waals surface area contributed by atoms with Crippen LogP contribution in [-0.4, -0.2) is 76.5 Å². The molecule has 4 heterocycles. The molecule has 2 amide bonds. The Hall–Kier alpha value is -4.04. The molecule has 0 spiro atoms. The largest absolute Gasteiger partial charge is 0.371 e. The Kier molecular flexibility index (Phi) is 8.97. The fourth-order valence-corrected chi connectivity index (χ4v) is 6.28. The van der Waals surface area contributed by atoms with E-state index in [0.717, 1.165) is 16.0 Å². The summed E-state index contributed by atoms with van der Waals surface area (Å²) < 4.78 is 34.3. The molecular weight excluding hydrogens is 580 g/mol. The molecule has 14 heteroatoms. The lowest BCUT2D eigenvalue weighted by molar-refractivity contribution is -0.205. The van der Waals surface area contributed by atoms with E-state index in [1.54, 1.807) is 47.2 Å². The SMILES string of the molecule is Cc1c(-c2cnn(C)c2)cnc(N2CCCC(F)(F)CC2)c1C(=O)Nc1cccc([S@](C)=NC(=O)C2CN(OC=O)C2)c1. The molecule has 2 aliphatic heterocycles. The molecule has 43 heavy (non-hydrogen) atoms. The fourth-order valence-electron chi connectivity index (χ4n) is 5.18. The monoisotopic (exact) mass is 613 g/mol. The van der Waals surface area contributed by atoms with Crippen molar-refractivity contribution in [3.8, 4) is 11.1 Å². The van der Waals surface area contributed by atoms with Crippen molar-refractivity contribution in [1.82, 2.24) is 19.8 Å². The number of carbonyl (C=O) groups excluding carboxylic acids is 3. The maximum Gasteiger partial charge on any atom is 0.312 e. The highest BCUT2D eigenvalue weighted by atomic mass is 32.2. The maximum atomic E-state index is 14.2. The molecule has 3 aromatic rings. The molecule has 0 aliphatic carbocycles. The number of hydroxylamine groups is 2. The van der Waals surface area contributed by atoms with Crippen LogP contribution in [0.25, 0.3) is 11.1 Å². The fraction of sp³-hybridized carbons (Fsp3) is 0.414. The molecule has 0 radical (unpaired) electrons. The third-order valence-electron chi connectivity index (χ3n) is 7.63. The molecule has 11 nitrogen and oxygen atoms in total. The number of halogens is 2. The molecule has 5 rings (SSSR count). The predicted octanol–water partition coefficient (Wildman–Crippen LogP) is 4.01. The van der Waals surface area contributed by atoms with Gasteiger partial charge in [-0.3, -0.25) is 19.1 Å². The number of hydrogen-bond donors (Lipinski definition) is 1. The highest BCUT2D eigenvalue weighted by Gasteiger charge is 2.35. The highest BCUT2D eigenvalue weighted by molar-refractivity contribution is 7.87. The van der Waals surface area contributed by atoms with Crippen LogP contribution in [0.15, 0.2) is 52.1 Å². The van der Waals surface area contributed by atoms with Gasteiger partial charge in [0.1, 0.15) is 5.82 Å². The van der Waals surface area contributed by atoms with Crippen LogP contribution in [-0.2, 0) is 32.2 Å². The summed E-state index contributed by atoms with van der Waals surface area (Å²) in [5, 5.41) is 8.58. The van der Waals surface area contributed by atoms with E-state index in [-0.39, 0.29) is 37.6 Å². The third-order valence-corrected chi connectivity index (χ3v) is 9.02. The zero-order chi connectivity index (χ0) is 30.7. The van der Waals surface area contributed by atoms with Crippen LogP contribution in [0, 0.1) is 12.8 Å². The number of nitrogens with zero attached hydrogens (tertiary/aromatic N) is 6. The summed E-state index contributed by atoms with van der Waals surface area (Å²) in [7, 11) is 1.00. The Labute approximate surface area is 250 Å². The number of anilines is 2. The minimum absolute atomic E-state index is 0.0790. The number of carbonyl (C=O) groups is 3. The van der Waals surface area contributed by atoms with Crippen LogP contribution in [0.5, 0.6) is 0 Å². The van der Waals surface area contributed by atoms with Crippen LogP contribution in [0.2, 0.25) is 0 Å². The minimum atomic E-state index is -2.76. The van der Waals surface area contributed by atoms with Gasteiger partial charge in [0.15, 0.2) is 0 Å². The first kappa shape index (κ1) is 30.4. The van der Waals surface area contributed by atoms with Crippen LogP contribution >= 0.6 is 0 Å². The number of nitrogens with one attached hydrogen (secondary N) is 1. The zero-order valence-electron chi connectivity index (χ0n) is 24.1. The van der Waals surface area contributed by atoms with Gasteiger partial charge < -0.3 is 15.1 Å². The second-order valence-electron chi connectivity index (χ2n) is 10.7. The lowest BCUT2D eigenvalue weighted by atomic mass is 9.99. The molecular formula is C29H33F2N7O4S. The number of amides is 2.